The van der Waals surface area contributed by atoms with Crippen molar-refractivity contribution in [2.45, 2.75) is 33.2 Å². The first-order valence-electron chi connectivity index (χ1n) is 7.52. The highest BCUT2D eigenvalue weighted by atomic mass is 16.5. The van der Waals surface area contributed by atoms with Gasteiger partial charge in [-0.2, -0.15) is 0 Å². The predicted molar refractivity (Wildman–Crippen MR) is 83.3 cm³/mol. The molecular weight excluding hydrogens is 268 g/mol. The number of carbonyl (C=O) groups excluding carboxylic acids is 1. The Morgan fingerprint density at radius 3 is 2.62 bits per heavy atom. The van der Waals surface area contributed by atoms with E-state index in [1.807, 2.05) is 13.0 Å². The van der Waals surface area contributed by atoms with Gasteiger partial charge in [0.15, 0.2) is 6.29 Å². The molecule has 0 saturated carbocycles. The number of ether oxygens (including phenoxy) is 1. The normalized spacial score (nSPS) is 16.2. The summed E-state index contributed by atoms with van der Waals surface area (Å²) in [6.07, 6.45) is 2.90. The highest BCUT2D eigenvalue weighted by Gasteiger charge is 2.21. The Kier molecular flexibility index (Phi) is 5.17. The maximum Gasteiger partial charge on any atom is 0.263 e. The molecule has 2 heterocycles. The van der Waals surface area contributed by atoms with E-state index in [9.17, 15) is 9.59 Å². The summed E-state index contributed by atoms with van der Waals surface area (Å²) in [6.45, 7) is 6.89. The molecular formula is C16H24N2O3. The van der Waals surface area contributed by atoms with E-state index in [1.165, 1.54) is 0 Å². The van der Waals surface area contributed by atoms with Gasteiger partial charge in [-0.3, -0.25) is 9.59 Å². The Bertz CT molecular complexity index is 557. The van der Waals surface area contributed by atoms with Crippen molar-refractivity contribution in [3.63, 3.8) is 0 Å². The van der Waals surface area contributed by atoms with Crippen molar-refractivity contribution in [3.8, 4) is 0 Å². The number of anilines is 1. The number of aldehydes is 1. The van der Waals surface area contributed by atoms with Crippen LogP contribution in [0.25, 0.3) is 0 Å². The van der Waals surface area contributed by atoms with E-state index in [0.29, 0.717) is 25.4 Å². The van der Waals surface area contributed by atoms with Gasteiger partial charge >= 0.3 is 0 Å². The molecule has 1 fully saturated rings. The minimum atomic E-state index is -0.212. The smallest absolute Gasteiger partial charge is 0.263 e. The summed E-state index contributed by atoms with van der Waals surface area (Å²) in [5.41, 5.74) is 1.71. The molecule has 0 N–H and O–H groups in total. The first-order valence-corrected chi connectivity index (χ1v) is 7.52. The van der Waals surface area contributed by atoms with Gasteiger partial charge in [0.1, 0.15) is 5.56 Å². The zero-order valence-corrected chi connectivity index (χ0v) is 13.1. The van der Waals surface area contributed by atoms with E-state index in [2.05, 4.69) is 11.8 Å². The van der Waals surface area contributed by atoms with E-state index >= 15 is 0 Å². The molecule has 1 saturated heterocycles. The monoisotopic (exact) mass is 292 g/mol. The van der Waals surface area contributed by atoms with Crippen molar-refractivity contribution in [2.24, 2.45) is 5.92 Å². The second-order valence-corrected chi connectivity index (χ2v) is 5.82. The van der Waals surface area contributed by atoms with Crippen LogP contribution in [0, 0.1) is 12.8 Å². The highest BCUT2D eigenvalue weighted by Crippen LogP contribution is 2.24. The largest absolute Gasteiger partial charge is 0.383 e. The second-order valence-electron chi connectivity index (χ2n) is 5.82. The van der Waals surface area contributed by atoms with Crippen LogP contribution >= 0.6 is 0 Å². The number of piperidine rings is 1. The van der Waals surface area contributed by atoms with Crippen molar-refractivity contribution in [1.29, 1.82) is 0 Å². The lowest BCUT2D eigenvalue weighted by Gasteiger charge is -2.33. The number of aryl methyl sites for hydroxylation is 1. The average Bonchev–Trinajstić information content (AvgIpc) is 2.47. The number of methoxy groups -OCH3 is 1. The molecule has 0 bridgehead atoms. The van der Waals surface area contributed by atoms with Crippen molar-refractivity contribution in [3.05, 3.63) is 27.7 Å². The summed E-state index contributed by atoms with van der Waals surface area (Å²) in [5.74, 6) is 0.712. The Morgan fingerprint density at radius 2 is 2.05 bits per heavy atom. The molecule has 116 valence electrons. The molecule has 2 rings (SSSR count). The summed E-state index contributed by atoms with van der Waals surface area (Å²) in [6, 6.07) is 1.96. The molecule has 5 heteroatoms. The van der Waals surface area contributed by atoms with Gasteiger partial charge < -0.3 is 14.2 Å². The van der Waals surface area contributed by atoms with E-state index < -0.39 is 0 Å². The minimum Gasteiger partial charge on any atom is -0.383 e. The van der Waals surface area contributed by atoms with Gasteiger partial charge in [0, 0.05) is 32.4 Å². The third kappa shape index (κ3) is 3.35. The van der Waals surface area contributed by atoms with E-state index in [-0.39, 0.29) is 11.1 Å². The third-order valence-electron chi connectivity index (χ3n) is 4.28. The fraction of sp³-hybridized carbons (Fsp3) is 0.625. The molecule has 0 radical (unpaired) electrons. The average molecular weight is 292 g/mol. The Hall–Kier alpha value is -1.62. The number of rotatable bonds is 5. The fourth-order valence-electron chi connectivity index (χ4n) is 2.85. The van der Waals surface area contributed by atoms with Crippen molar-refractivity contribution >= 4 is 12.0 Å². The third-order valence-corrected chi connectivity index (χ3v) is 4.28. The van der Waals surface area contributed by atoms with Crippen LogP contribution in [0.5, 0.6) is 0 Å². The Balaban J connectivity index is 2.38. The maximum absolute atomic E-state index is 12.5. The highest BCUT2D eigenvalue weighted by molar-refractivity contribution is 5.84. The molecule has 1 aromatic rings. The van der Waals surface area contributed by atoms with Crippen molar-refractivity contribution < 1.29 is 9.53 Å². The van der Waals surface area contributed by atoms with E-state index in [4.69, 9.17) is 4.74 Å². The van der Waals surface area contributed by atoms with E-state index in [1.54, 1.807) is 11.7 Å². The molecule has 0 aromatic carbocycles. The van der Waals surface area contributed by atoms with Gasteiger partial charge in [-0.15, -0.1) is 0 Å². The molecule has 5 nitrogen and oxygen atoms in total. The van der Waals surface area contributed by atoms with Crippen molar-refractivity contribution in [2.75, 3.05) is 31.7 Å². The molecule has 0 spiro atoms. The SMILES string of the molecule is COCCn1c(C)cc(N2CCC(C)CC2)c(C=O)c1=O. The standard InChI is InChI=1S/C16H24N2O3/c1-12-4-6-17(7-5-12)15-10-13(2)18(8-9-21-3)16(20)14(15)11-19/h10-12H,4-9H2,1-3H3. The van der Waals surface area contributed by atoms with Gasteiger partial charge in [0.2, 0.25) is 0 Å². The topological polar surface area (TPSA) is 51.5 Å². The maximum atomic E-state index is 12.5. The Morgan fingerprint density at radius 1 is 1.38 bits per heavy atom. The summed E-state index contributed by atoms with van der Waals surface area (Å²) in [5, 5.41) is 0. The molecule has 0 amide bonds. The fourth-order valence-corrected chi connectivity index (χ4v) is 2.85. The number of carbonyl (C=O) groups is 1. The molecule has 0 unspecified atom stereocenters. The summed E-state index contributed by atoms with van der Waals surface area (Å²) < 4.78 is 6.64. The van der Waals surface area contributed by atoms with Gasteiger partial charge in [0.25, 0.3) is 5.56 Å². The van der Waals surface area contributed by atoms with Gasteiger partial charge in [-0.1, -0.05) is 6.92 Å². The van der Waals surface area contributed by atoms with Gasteiger partial charge in [-0.25, -0.2) is 0 Å². The minimum absolute atomic E-state index is 0.212. The Labute approximate surface area is 125 Å². The summed E-state index contributed by atoms with van der Waals surface area (Å²) >= 11 is 0. The first-order chi connectivity index (χ1) is 10.1. The molecule has 1 aliphatic heterocycles. The quantitative estimate of drug-likeness (QED) is 0.777. The van der Waals surface area contributed by atoms with Crippen LogP contribution < -0.4 is 10.5 Å². The number of pyridine rings is 1. The van der Waals surface area contributed by atoms with Gasteiger partial charge in [0.05, 0.1) is 12.3 Å². The van der Waals surface area contributed by atoms with Crippen LogP contribution in [0.2, 0.25) is 0 Å². The van der Waals surface area contributed by atoms with Crippen LogP contribution in [-0.2, 0) is 11.3 Å². The van der Waals surface area contributed by atoms with Crippen LogP contribution in [0.3, 0.4) is 0 Å². The first kappa shape index (κ1) is 15.8. The lowest BCUT2D eigenvalue weighted by atomic mass is 9.98. The lowest BCUT2D eigenvalue weighted by molar-refractivity contribution is 0.112. The second kappa shape index (κ2) is 6.89. The van der Waals surface area contributed by atoms with Crippen LogP contribution in [0.1, 0.15) is 35.8 Å². The number of hydrogen-bond donors (Lipinski definition) is 0. The number of nitrogens with zero attached hydrogens (tertiary/aromatic N) is 2. The van der Waals surface area contributed by atoms with Crippen LogP contribution in [0.4, 0.5) is 5.69 Å². The zero-order chi connectivity index (χ0) is 15.4. The number of hydrogen-bond acceptors (Lipinski definition) is 4. The predicted octanol–water partition coefficient (Wildman–Crippen LogP) is 1.85. The van der Waals surface area contributed by atoms with Gasteiger partial charge in [-0.05, 0) is 31.7 Å². The van der Waals surface area contributed by atoms with Crippen molar-refractivity contribution in [1.82, 2.24) is 4.57 Å². The zero-order valence-electron chi connectivity index (χ0n) is 13.1. The molecule has 1 aromatic heterocycles. The molecule has 0 atom stereocenters. The number of aromatic nitrogens is 1. The molecule has 21 heavy (non-hydrogen) atoms. The summed E-state index contributed by atoms with van der Waals surface area (Å²) in [4.78, 5) is 26.1. The molecule has 1 aliphatic rings. The lowest BCUT2D eigenvalue weighted by Crippen LogP contribution is -2.36. The summed E-state index contributed by atoms with van der Waals surface area (Å²) in [7, 11) is 1.60. The van der Waals surface area contributed by atoms with Crippen LogP contribution in [-0.4, -0.2) is 37.7 Å². The van der Waals surface area contributed by atoms with Crippen LogP contribution in [0.15, 0.2) is 10.9 Å². The molecule has 0 aliphatic carbocycles. The van der Waals surface area contributed by atoms with E-state index in [0.717, 1.165) is 37.3 Å².